The summed E-state index contributed by atoms with van der Waals surface area (Å²) >= 11 is 12.9. The smallest absolute Gasteiger partial charge is 0.364 e. The van der Waals surface area contributed by atoms with Crippen molar-refractivity contribution in [2.45, 2.75) is 25.1 Å². The summed E-state index contributed by atoms with van der Waals surface area (Å²) in [6.45, 7) is -0.314. The molecule has 0 aliphatic carbocycles. The number of benzene rings is 1. The molecule has 0 saturated heterocycles. The zero-order valence-electron chi connectivity index (χ0n) is 16.7. The fourth-order valence-electron chi connectivity index (χ4n) is 3.01. The van der Waals surface area contributed by atoms with Gasteiger partial charge in [-0.15, -0.1) is 10.2 Å². The molecule has 192 valence electrons. The van der Waals surface area contributed by atoms with Crippen molar-refractivity contribution >= 4 is 51.6 Å². The third-order valence-corrected chi connectivity index (χ3v) is 5.58. The van der Waals surface area contributed by atoms with E-state index in [0.29, 0.717) is 16.8 Å². The van der Waals surface area contributed by atoms with Crippen LogP contribution in [0.1, 0.15) is 22.8 Å². The van der Waals surface area contributed by atoms with Gasteiger partial charge in [0.05, 0.1) is 33.2 Å². The molecule has 0 radical (unpaired) electrons. The third kappa shape index (κ3) is 4.99. The fourth-order valence-corrected chi connectivity index (χ4v) is 4.11. The molecule has 4 rings (SSSR count). The number of rotatable bonds is 4. The molecule has 1 aromatic carbocycles. The minimum Gasteiger partial charge on any atom is -0.364 e. The lowest BCUT2D eigenvalue weighted by molar-refractivity contribution is -0.151. The van der Waals surface area contributed by atoms with Crippen molar-refractivity contribution in [2.24, 2.45) is 0 Å². The molecule has 0 unspecified atom stereocenters. The Kier molecular flexibility index (Phi) is 6.45. The number of aromatic nitrogens is 6. The van der Waals surface area contributed by atoms with Crippen LogP contribution < -0.4 is 5.32 Å². The van der Waals surface area contributed by atoms with Crippen molar-refractivity contribution in [1.29, 1.82) is 0 Å². The molecule has 36 heavy (non-hydrogen) atoms. The first kappa shape index (κ1) is 26.2. The van der Waals surface area contributed by atoms with E-state index in [-0.39, 0.29) is 12.2 Å². The van der Waals surface area contributed by atoms with Crippen LogP contribution in [0.5, 0.6) is 0 Å². The lowest BCUT2D eigenvalue weighted by atomic mass is 10.2. The van der Waals surface area contributed by atoms with Crippen molar-refractivity contribution in [2.75, 3.05) is 5.32 Å². The summed E-state index contributed by atoms with van der Waals surface area (Å²) < 4.78 is 125. The van der Waals surface area contributed by atoms with E-state index in [0.717, 1.165) is 11.5 Å². The van der Waals surface area contributed by atoms with Crippen molar-refractivity contribution in [3.63, 3.8) is 0 Å². The topological polar surface area (TPSA) is 81.4 Å². The van der Waals surface area contributed by atoms with Gasteiger partial charge < -0.3 is 5.32 Å². The summed E-state index contributed by atoms with van der Waals surface area (Å²) in [4.78, 5) is 5.74. The quantitative estimate of drug-likeness (QED) is 0.272. The molecule has 0 amide bonds. The van der Waals surface area contributed by atoms with Gasteiger partial charge in [-0.3, -0.25) is 0 Å². The van der Waals surface area contributed by atoms with E-state index in [2.05, 4.69) is 30.0 Å². The first-order valence-corrected chi connectivity index (χ1v) is 10.7. The van der Waals surface area contributed by atoms with Gasteiger partial charge in [0.25, 0.3) is 0 Å². The number of hydrogen-bond donors (Lipinski definition) is 1. The van der Waals surface area contributed by atoms with Crippen LogP contribution in [-0.4, -0.2) is 29.3 Å². The lowest BCUT2D eigenvalue weighted by Crippen LogP contribution is -2.18. The molecule has 0 fully saturated rings. The molecule has 3 heterocycles. The SMILES string of the molecule is FC(F)(F)c1cc(Cl)c(-n2nc3nc(C(F)(F)F)nc(C(F)(F)F)c3c2NCc2csnn2)c(Cl)c1. The molecular formula is C17H6Cl2F9N7S. The second-order valence-electron chi connectivity index (χ2n) is 6.89. The lowest BCUT2D eigenvalue weighted by Gasteiger charge is -2.15. The highest BCUT2D eigenvalue weighted by atomic mass is 35.5. The Labute approximate surface area is 207 Å². The molecule has 1 N–H and O–H groups in total. The van der Waals surface area contributed by atoms with Crippen molar-refractivity contribution in [1.82, 2.24) is 29.3 Å². The average molecular weight is 582 g/mol. The van der Waals surface area contributed by atoms with Gasteiger partial charge in [-0.1, -0.05) is 27.7 Å². The molecule has 0 aliphatic rings. The summed E-state index contributed by atoms with van der Waals surface area (Å²) in [7, 11) is 0. The van der Waals surface area contributed by atoms with E-state index >= 15 is 0 Å². The Balaban J connectivity index is 2.04. The number of hydrogen-bond acceptors (Lipinski definition) is 7. The number of nitrogens with zero attached hydrogens (tertiary/aromatic N) is 6. The average Bonchev–Trinajstić information content (AvgIpc) is 3.36. The van der Waals surface area contributed by atoms with Crippen LogP contribution >= 0.6 is 34.7 Å². The van der Waals surface area contributed by atoms with Gasteiger partial charge in [0, 0.05) is 5.38 Å². The van der Waals surface area contributed by atoms with Crippen LogP contribution in [-0.2, 0) is 25.1 Å². The number of fused-ring (bicyclic) bond motifs is 1. The van der Waals surface area contributed by atoms with Gasteiger partial charge in [0.1, 0.15) is 11.5 Å². The number of halogens is 11. The van der Waals surface area contributed by atoms with Gasteiger partial charge in [-0.25, -0.2) is 14.6 Å². The number of alkyl halides is 9. The Morgan fingerprint density at radius 2 is 1.53 bits per heavy atom. The van der Waals surface area contributed by atoms with Crippen LogP contribution in [0.25, 0.3) is 16.7 Å². The third-order valence-electron chi connectivity index (χ3n) is 4.45. The molecule has 7 nitrogen and oxygen atoms in total. The Morgan fingerprint density at radius 3 is 2.03 bits per heavy atom. The predicted molar refractivity (Wildman–Crippen MR) is 109 cm³/mol. The summed E-state index contributed by atoms with van der Waals surface area (Å²) in [6.07, 6.45) is -15.7. The maximum absolute atomic E-state index is 13.8. The van der Waals surface area contributed by atoms with E-state index in [4.69, 9.17) is 23.2 Å². The normalized spacial score (nSPS) is 13.0. The van der Waals surface area contributed by atoms with Gasteiger partial charge in [-0.05, 0) is 23.7 Å². The number of nitrogens with one attached hydrogen (secondary N) is 1. The highest BCUT2D eigenvalue weighted by molar-refractivity contribution is 7.03. The fraction of sp³-hybridized carbons (Fsp3) is 0.235. The molecule has 3 aromatic heterocycles. The van der Waals surface area contributed by atoms with Crippen molar-refractivity contribution in [3.8, 4) is 5.69 Å². The van der Waals surface area contributed by atoms with E-state index in [1.807, 2.05) is 0 Å². The second kappa shape index (κ2) is 8.88. The van der Waals surface area contributed by atoms with E-state index in [1.165, 1.54) is 5.38 Å². The summed E-state index contributed by atoms with van der Waals surface area (Å²) in [5, 5.41) is 8.85. The summed E-state index contributed by atoms with van der Waals surface area (Å²) in [5.74, 6) is -2.78. The Hall–Kier alpha value is -2.92. The van der Waals surface area contributed by atoms with Crippen LogP contribution in [0.2, 0.25) is 10.0 Å². The molecule has 4 aromatic rings. The molecule has 0 atom stereocenters. The Bertz CT molecular complexity index is 1410. The maximum Gasteiger partial charge on any atom is 0.451 e. The van der Waals surface area contributed by atoms with Crippen LogP contribution in [0.3, 0.4) is 0 Å². The first-order chi connectivity index (χ1) is 16.6. The molecule has 19 heteroatoms. The zero-order valence-corrected chi connectivity index (χ0v) is 19.0. The monoisotopic (exact) mass is 581 g/mol. The first-order valence-electron chi connectivity index (χ1n) is 9.09. The largest absolute Gasteiger partial charge is 0.451 e. The highest BCUT2D eigenvalue weighted by Crippen LogP contribution is 2.43. The van der Waals surface area contributed by atoms with E-state index in [9.17, 15) is 39.5 Å². The summed E-state index contributed by atoms with van der Waals surface area (Å²) in [6, 6.07) is 0.863. The highest BCUT2D eigenvalue weighted by Gasteiger charge is 2.43. The van der Waals surface area contributed by atoms with Gasteiger partial charge in [0.15, 0.2) is 11.3 Å². The van der Waals surface area contributed by atoms with Gasteiger partial charge in [-0.2, -0.15) is 39.5 Å². The maximum atomic E-state index is 13.8. The van der Waals surface area contributed by atoms with Gasteiger partial charge in [0.2, 0.25) is 5.82 Å². The number of anilines is 1. The minimum atomic E-state index is -5.42. The predicted octanol–water partition coefficient (Wildman–Crippen LogP) is 6.64. The summed E-state index contributed by atoms with van der Waals surface area (Å²) in [5.41, 5.74) is -4.69. The van der Waals surface area contributed by atoms with Crippen molar-refractivity contribution in [3.05, 3.63) is 50.3 Å². The Morgan fingerprint density at radius 1 is 0.889 bits per heavy atom. The molecule has 0 aliphatic heterocycles. The van der Waals surface area contributed by atoms with Crippen LogP contribution in [0.4, 0.5) is 45.3 Å². The van der Waals surface area contributed by atoms with E-state index < -0.39 is 68.2 Å². The van der Waals surface area contributed by atoms with E-state index in [1.54, 1.807) is 0 Å². The minimum absolute atomic E-state index is 0.215. The molecule has 0 spiro atoms. The zero-order chi connectivity index (χ0) is 26.6. The van der Waals surface area contributed by atoms with Crippen LogP contribution in [0, 0.1) is 0 Å². The standard InChI is InChI=1S/C17H6Cl2F9N7S/c18-7-1-5(15(20,21)22)2-8(19)10(7)35-13(29-3-6-4-36-34-32-6)9-11(16(23,24)25)30-14(17(26,27)28)31-12(9)33-35/h1-2,4,29H,3H2. The molecule has 0 saturated carbocycles. The molecular weight excluding hydrogens is 576 g/mol. The van der Waals surface area contributed by atoms with Gasteiger partial charge >= 0.3 is 18.5 Å². The molecule has 0 bridgehead atoms. The van der Waals surface area contributed by atoms with Crippen molar-refractivity contribution < 1.29 is 39.5 Å². The second-order valence-corrected chi connectivity index (χ2v) is 8.31. The van der Waals surface area contributed by atoms with Crippen LogP contribution in [0.15, 0.2) is 17.5 Å².